The van der Waals surface area contributed by atoms with Gasteiger partial charge in [-0.05, 0) is 5.46 Å². The molecule has 0 bridgehead atoms. The second-order valence-corrected chi connectivity index (χ2v) is 1.89. The molecule has 0 aliphatic carbocycles. The van der Waals surface area contributed by atoms with Crippen molar-refractivity contribution in [3.8, 4) is 0 Å². The van der Waals surface area contributed by atoms with Crippen LogP contribution in [0.2, 0.25) is 0 Å². The summed E-state index contributed by atoms with van der Waals surface area (Å²) in [6, 6.07) is 8.66. The van der Waals surface area contributed by atoms with E-state index in [0.717, 1.165) is 6.08 Å². The molecule has 0 heterocycles. The summed E-state index contributed by atoms with van der Waals surface area (Å²) in [7, 11) is -1.34. The molecule has 1 aromatic carbocycles. The van der Waals surface area contributed by atoms with Crippen LogP contribution in [0.5, 0.6) is 0 Å². The summed E-state index contributed by atoms with van der Waals surface area (Å²) in [5.74, 6) is 0. The Labute approximate surface area is 70.1 Å². The zero-order chi connectivity index (χ0) is 9.40. The van der Waals surface area contributed by atoms with E-state index in [-0.39, 0.29) is 0 Å². The molecule has 5 heteroatoms. The molecule has 0 aliphatic heterocycles. The lowest BCUT2D eigenvalue weighted by Crippen LogP contribution is -2.29. The van der Waals surface area contributed by atoms with Crippen molar-refractivity contribution < 1.29 is 14.8 Å². The molecule has 0 saturated carbocycles. The molecular formula is C7H8BNO3. The maximum absolute atomic E-state index is 8.58. The number of rotatable bonds is 1. The first-order valence-electron chi connectivity index (χ1n) is 3.17. The number of benzene rings is 1. The Bertz CT molecular complexity index is 244. The fourth-order valence-electron chi connectivity index (χ4n) is 0.625. The molecule has 3 N–H and O–H groups in total. The molecule has 12 heavy (non-hydrogen) atoms. The van der Waals surface area contributed by atoms with Gasteiger partial charge in [-0.2, -0.15) is 0 Å². The van der Waals surface area contributed by atoms with Crippen LogP contribution in [0.4, 0.5) is 0 Å². The highest BCUT2D eigenvalue weighted by Gasteiger charge is 2.07. The molecule has 0 aromatic heterocycles. The van der Waals surface area contributed by atoms with Gasteiger partial charge >= 0.3 is 7.12 Å². The molecule has 1 aromatic rings. The quantitative estimate of drug-likeness (QED) is 0.291. The first-order chi connectivity index (χ1) is 5.72. The third kappa shape index (κ3) is 4.41. The minimum Gasteiger partial charge on any atom is -0.423 e. The highest BCUT2D eigenvalue weighted by molar-refractivity contribution is 6.58. The summed E-state index contributed by atoms with van der Waals surface area (Å²) in [5.41, 5.74) is 0.525. The molecule has 4 nitrogen and oxygen atoms in total. The Morgan fingerprint density at radius 2 is 1.67 bits per heavy atom. The maximum Gasteiger partial charge on any atom is 0.488 e. The number of nitrogens with one attached hydrogen (secondary N) is 1. The van der Waals surface area contributed by atoms with Crippen molar-refractivity contribution in [2.45, 2.75) is 0 Å². The molecule has 1 rings (SSSR count). The van der Waals surface area contributed by atoms with Crippen LogP contribution in [0, 0.1) is 5.41 Å². The van der Waals surface area contributed by atoms with Gasteiger partial charge in [-0.25, -0.2) is 10.2 Å². The number of hydrogen-bond acceptors (Lipinski definition) is 4. The summed E-state index contributed by atoms with van der Waals surface area (Å²) in [6.07, 6.45) is 0.750. The normalized spacial score (nSPS) is 7.50. The van der Waals surface area contributed by atoms with Crippen LogP contribution >= 0.6 is 0 Å². The van der Waals surface area contributed by atoms with Crippen LogP contribution in [-0.4, -0.2) is 23.2 Å². The van der Waals surface area contributed by atoms with Crippen LogP contribution in [0.1, 0.15) is 0 Å². The zero-order valence-electron chi connectivity index (χ0n) is 6.27. The standard InChI is InChI=1S/C6H7BO2.CHNO/c8-7(9)6-4-2-1-3-5-6;2-1-3/h1-5,8-9H;2H. The van der Waals surface area contributed by atoms with Crippen molar-refractivity contribution in [3.63, 3.8) is 0 Å². The van der Waals surface area contributed by atoms with E-state index < -0.39 is 7.12 Å². The summed E-state index contributed by atoms with van der Waals surface area (Å²) in [4.78, 5) is 8.35. The molecule has 0 saturated heterocycles. The Hall–Kier alpha value is -1.42. The van der Waals surface area contributed by atoms with E-state index in [1.54, 1.807) is 24.3 Å². The fourth-order valence-corrected chi connectivity index (χ4v) is 0.625. The third-order valence-corrected chi connectivity index (χ3v) is 1.10. The minimum absolute atomic E-state index is 0.525. The summed E-state index contributed by atoms with van der Waals surface area (Å²) in [6.45, 7) is 0. The lowest BCUT2D eigenvalue weighted by atomic mass is 9.81. The van der Waals surface area contributed by atoms with Crippen molar-refractivity contribution in [2.24, 2.45) is 0 Å². The molecule has 0 aliphatic rings. The van der Waals surface area contributed by atoms with E-state index >= 15 is 0 Å². The molecule has 0 atom stereocenters. The Balaban J connectivity index is 0.000000354. The van der Waals surface area contributed by atoms with Gasteiger partial charge in [0.05, 0.1) is 0 Å². The van der Waals surface area contributed by atoms with Gasteiger partial charge in [0.15, 0.2) is 0 Å². The predicted octanol–water partition coefficient (Wildman–Crippen LogP) is -0.733. The van der Waals surface area contributed by atoms with E-state index in [9.17, 15) is 0 Å². The molecule has 62 valence electrons. The van der Waals surface area contributed by atoms with Crippen LogP contribution in [0.25, 0.3) is 0 Å². The van der Waals surface area contributed by atoms with Gasteiger partial charge in [0.1, 0.15) is 0 Å². The molecule has 0 amide bonds. The molecule has 0 fully saturated rings. The van der Waals surface area contributed by atoms with Gasteiger partial charge in [-0.3, -0.25) is 0 Å². The second-order valence-electron chi connectivity index (χ2n) is 1.89. The number of isocyanates is 1. The second kappa shape index (κ2) is 6.31. The van der Waals surface area contributed by atoms with E-state index in [0.29, 0.717) is 5.46 Å². The minimum atomic E-state index is -1.34. The van der Waals surface area contributed by atoms with Crippen LogP contribution in [-0.2, 0) is 4.79 Å². The van der Waals surface area contributed by atoms with Gasteiger partial charge in [-0.15, -0.1) is 0 Å². The lowest BCUT2D eigenvalue weighted by Gasteiger charge is -1.94. The zero-order valence-corrected chi connectivity index (χ0v) is 6.27. The molecule has 0 unspecified atom stereocenters. The topological polar surface area (TPSA) is 81.4 Å². The van der Waals surface area contributed by atoms with Gasteiger partial charge < -0.3 is 10.0 Å². The fraction of sp³-hybridized carbons (Fsp3) is 0. The largest absolute Gasteiger partial charge is 0.488 e. The van der Waals surface area contributed by atoms with E-state index in [1.165, 1.54) is 0 Å². The molecular weight excluding hydrogens is 157 g/mol. The predicted molar refractivity (Wildman–Crippen MR) is 44.7 cm³/mol. The Kier molecular flexibility index (Phi) is 5.56. The van der Waals surface area contributed by atoms with Gasteiger partial charge in [0, 0.05) is 0 Å². The molecule has 0 radical (unpaired) electrons. The van der Waals surface area contributed by atoms with E-state index in [1.807, 2.05) is 6.07 Å². The third-order valence-electron chi connectivity index (χ3n) is 1.10. The number of carbonyl (C=O) groups excluding carboxylic acids is 1. The van der Waals surface area contributed by atoms with Crippen molar-refractivity contribution >= 4 is 18.7 Å². The van der Waals surface area contributed by atoms with E-state index in [4.69, 9.17) is 20.3 Å². The van der Waals surface area contributed by atoms with E-state index in [2.05, 4.69) is 0 Å². The number of hydrogen-bond donors (Lipinski definition) is 3. The highest BCUT2D eigenvalue weighted by atomic mass is 16.4. The van der Waals surface area contributed by atoms with Crippen LogP contribution < -0.4 is 5.46 Å². The van der Waals surface area contributed by atoms with Crippen molar-refractivity contribution in [3.05, 3.63) is 30.3 Å². The van der Waals surface area contributed by atoms with Crippen LogP contribution in [0.15, 0.2) is 30.3 Å². The monoisotopic (exact) mass is 165 g/mol. The van der Waals surface area contributed by atoms with Crippen molar-refractivity contribution in [2.75, 3.05) is 0 Å². The summed E-state index contributed by atoms with van der Waals surface area (Å²) in [5, 5.41) is 22.6. The Morgan fingerprint density at radius 3 is 1.92 bits per heavy atom. The van der Waals surface area contributed by atoms with Crippen LogP contribution in [0.3, 0.4) is 0 Å². The average molecular weight is 165 g/mol. The summed E-state index contributed by atoms with van der Waals surface area (Å²) < 4.78 is 0. The molecule has 0 spiro atoms. The maximum atomic E-state index is 8.58. The van der Waals surface area contributed by atoms with Gasteiger partial charge in [0.25, 0.3) is 0 Å². The first kappa shape index (κ1) is 10.6. The van der Waals surface area contributed by atoms with Gasteiger partial charge in [-0.1, -0.05) is 30.3 Å². The van der Waals surface area contributed by atoms with Crippen molar-refractivity contribution in [1.29, 1.82) is 5.41 Å². The highest BCUT2D eigenvalue weighted by Crippen LogP contribution is 1.82. The lowest BCUT2D eigenvalue weighted by molar-refractivity contribution is 0.426. The Morgan fingerprint density at radius 1 is 1.25 bits per heavy atom. The first-order valence-corrected chi connectivity index (χ1v) is 3.17. The average Bonchev–Trinajstić information content (AvgIpc) is 2.07. The van der Waals surface area contributed by atoms with Crippen molar-refractivity contribution in [1.82, 2.24) is 0 Å². The van der Waals surface area contributed by atoms with Gasteiger partial charge in [0.2, 0.25) is 6.08 Å². The summed E-state index contributed by atoms with van der Waals surface area (Å²) >= 11 is 0. The SMILES string of the molecule is N=C=O.OB(O)c1ccccc1. The smallest absolute Gasteiger partial charge is 0.423 e.